The summed E-state index contributed by atoms with van der Waals surface area (Å²) < 4.78 is 11.1. The number of nitrogens with one attached hydrogen (secondary N) is 1. The maximum absolute atomic E-state index is 12.5. The van der Waals surface area contributed by atoms with Crippen LogP contribution in [0.15, 0.2) is 36.4 Å². The Morgan fingerprint density at radius 1 is 1.23 bits per heavy atom. The van der Waals surface area contributed by atoms with Gasteiger partial charge in [0, 0.05) is 33.1 Å². The molecule has 0 saturated carbocycles. The molecule has 3 rings (SSSR count). The van der Waals surface area contributed by atoms with Crippen LogP contribution in [0.5, 0.6) is 11.6 Å². The minimum absolute atomic E-state index is 0.0991. The lowest BCUT2D eigenvalue weighted by Crippen LogP contribution is -2.34. The molecule has 2 heterocycles. The number of para-hydroxylation sites is 2. The van der Waals surface area contributed by atoms with Gasteiger partial charge in [0.05, 0.1) is 19.3 Å². The molecule has 8 nitrogen and oxygen atoms in total. The third-order valence-corrected chi connectivity index (χ3v) is 4.15. The highest BCUT2D eigenvalue weighted by Gasteiger charge is 2.28. The Kier molecular flexibility index (Phi) is 5.40. The summed E-state index contributed by atoms with van der Waals surface area (Å²) in [6, 6.07) is 10.8. The number of aromatic nitrogens is 2. The zero-order chi connectivity index (χ0) is 18.5. The molecule has 0 radical (unpaired) electrons. The second-order valence-electron chi connectivity index (χ2n) is 6.23. The number of carbonyl (C=O) groups excluding carboxylic acids is 1. The maximum Gasteiger partial charge on any atom is 0.322 e. The van der Waals surface area contributed by atoms with Gasteiger partial charge < -0.3 is 24.6 Å². The highest BCUT2D eigenvalue weighted by Crippen LogP contribution is 2.24. The molecule has 1 aliphatic rings. The van der Waals surface area contributed by atoms with E-state index in [0.29, 0.717) is 30.4 Å². The van der Waals surface area contributed by atoms with Crippen molar-refractivity contribution in [1.29, 1.82) is 0 Å². The molecule has 2 aromatic rings. The largest absolute Gasteiger partial charge is 0.495 e. The molecule has 1 unspecified atom stereocenters. The monoisotopic (exact) mass is 357 g/mol. The van der Waals surface area contributed by atoms with Gasteiger partial charge in [0.1, 0.15) is 11.9 Å². The van der Waals surface area contributed by atoms with Crippen molar-refractivity contribution in [3.05, 3.63) is 36.4 Å². The molecule has 1 aromatic carbocycles. The van der Waals surface area contributed by atoms with E-state index in [4.69, 9.17) is 9.47 Å². The molecule has 1 fully saturated rings. The molecule has 138 valence electrons. The predicted octanol–water partition coefficient (Wildman–Crippen LogP) is 2.24. The summed E-state index contributed by atoms with van der Waals surface area (Å²) in [6.45, 7) is 1.12. The molecular formula is C18H23N5O3. The predicted molar refractivity (Wildman–Crippen MR) is 99.0 cm³/mol. The van der Waals surface area contributed by atoms with Crippen LogP contribution >= 0.6 is 0 Å². The van der Waals surface area contributed by atoms with E-state index in [2.05, 4.69) is 15.5 Å². The fraction of sp³-hybridized carbons (Fsp3) is 0.389. The number of methoxy groups -OCH3 is 1. The second kappa shape index (κ2) is 7.90. The maximum atomic E-state index is 12.5. The molecule has 1 aromatic heterocycles. The Balaban J connectivity index is 1.55. The molecule has 2 amide bonds. The summed E-state index contributed by atoms with van der Waals surface area (Å²) in [6.07, 6.45) is 0.647. The number of urea groups is 1. The van der Waals surface area contributed by atoms with Crippen LogP contribution in [0.3, 0.4) is 0 Å². The van der Waals surface area contributed by atoms with Crippen LogP contribution in [0.2, 0.25) is 0 Å². The second-order valence-corrected chi connectivity index (χ2v) is 6.23. The third kappa shape index (κ3) is 4.14. The quantitative estimate of drug-likeness (QED) is 0.884. The van der Waals surface area contributed by atoms with Crippen LogP contribution in [-0.2, 0) is 0 Å². The molecule has 1 saturated heterocycles. The standard InChI is InChI=1S/C18H23N5O3/c1-22(2)16-8-9-17(21-20-16)26-13-10-11-23(12-13)18(24)19-14-6-4-5-7-15(14)25-3/h4-9,13H,10-12H2,1-3H3,(H,19,24). The van der Waals surface area contributed by atoms with Crippen LogP contribution in [0.25, 0.3) is 0 Å². The summed E-state index contributed by atoms with van der Waals surface area (Å²) in [5.41, 5.74) is 0.648. The molecule has 1 N–H and O–H groups in total. The van der Waals surface area contributed by atoms with Crippen LogP contribution in [0.4, 0.5) is 16.3 Å². The fourth-order valence-electron chi connectivity index (χ4n) is 2.74. The van der Waals surface area contributed by atoms with Gasteiger partial charge in [-0.15, -0.1) is 10.2 Å². The van der Waals surface area contributed by atoms with Crippen LogP contribution in [0.1, 0.15) is 6.42 Å². The Bertz CT molecular complexity index is 751. The minimum Gasteiger partial charge on any atom is -0.495 e. The van der Waals surface area contributed by atoms with Crippen molar-refractivity contribution in [3.63, 3.8) is 0 Å². The van der Waals surface area contributed by atoms with Gasteiger partial charge in [-0.3, -0.25) is 0 Å². The zero-order valence-corrected chi connectivity index (χ0v) is 15.2. The van der Waals surface area contributed by atoms with Crippen molar-refractivity contribution in [2.75, 3.05) is 44.5 Å². The highest BCUT2D eigenvalue weighted by molar-refractivity contribution is 5.91. The number of carbonyl (C=O) groups is 1. The van der Waals surface area contributed by atoms with Gasteiger partial charge in [0.15, 0.2) is 5.82 Å². The van der Waals surface area contributed by atoms with Gasteiger partial charge in [-0.25, -0.2) is 4.79 Å². The number of amides is 2. The summed E-state index contributed by atoms with van der Waals surface area (Å²) in [7, 11) is 5.38. The third-order valence-electron chi connectivity index (χ3n) is 4.15. The molecule has 1 aliphatic heterocycles. The van der Waals surface area contributed by atoms with Gasteiger partial charge in [0.25, 0.3) is 0 Å². The van der Waals surface area contributed by atoms with Gasteiger partial charge in [0.2, 0.25) is 5.88 Å². The van der Waals surface area contributed by atoms with E-state index < -0.39 is 0 Å². The van der Waals surface area contributed by atoms with Crippen LogP contribution in [0, 0.1) is 0 Å². The molecule has 0 bridgehead atoms. The Morgan fingerprint density at radius 3 is 2.73 bits per heavy atom. The van der Waals surface area contributed by atoms with Gasteiger partial charge >= 0.3 is 6.03 Å². The number of benzene rings is 1. The van der Waals surface area contributed by atoms with Crippen molar-refractivity contribution < 1.29 is 14.3 Å². The minimum atomic E-state index is -0.172. The first-order valence-electron chi connectivity index (χ1n) is 8.43. The Labute approximate surface area is 152 Å². The van der Waals surface area contributed by atoms with Crippen molar-refractivity contribution in [3.8, 4) is 11.6 Å². The fourth-order valence-corrected chi connectivity index (χ4v) is 2.74. The molecule has 26 heavy (non-hydrogen) atoms. The summed E-state index contributed by atoms with van der Waals surface area (Å²) in [4.78, 5) is 16.1. The average Bonchev–Trinajstić information content (AvgIpc) is 3.11. The average molecular weight is 357 g/mol. The highest BCUT2D eigenvalue weighted by atomic mass is 16.5. The summed E-state index contributed by atoms with van der Waals surface area (Å²) >= 11 is 0. The van der Waals surface area contributed by atoms with E-state index in [1.165, 1.54) is 0 Å². The van der Waals surface area contributed by atoms with E-state index in [0.717, 1.165) is 12.2 Å². The van der Waals surface area contributed by atoms with Crippen molar-refractivity contribution in [1.82, 2.24) is 15.1 Å². The van der Waals surface area contributed by atoms with E-state index in [1.54, 1.807) is 18.1 Å². The van der Waals surface area contributed by atoms with Crippen LogP contribution < -0.4 is 19.7 Å². The van der Waals surface area contributed by atoms with E-state index in [9.17, 15) is 4.79 Å². The first kappa shape index (κ1) is 17.8. The van der Waals surface area contributed by atoms with Crippen molar-refractivity contribution >= 4 is 17.5 Å². The normalized spacial score (nSPS) is 16.3. The topological polar surface area (TPSA) is 79.8 Å². The lowest BCUT2D eigenvalue weighted by Gasteiger charge is -2.18. The smallest absolute Gasteiger partial charge is 0.322 e. The molecule has 8 heteroatoms. The molecule has 1 atom stereocenters. The van der Waals surface area contributed by atoms with Crippen LogP contribution in [-0.4, -0.2) is 61.5 Å². The summed E-state index contributed by atoms with van der Waals surface area (Å²) in [5, 5.41) is 11.0. The Morgan fingerprint density at radius 2 is 2.04 bits per heavy atom. The van der Waals surface area contributed by atoms with Crippen molar-refractivity contribution in [2.24, 2.45) is 0 Å². The number of nitrogens with zero attached hydrogens (tertiary/aromatic N) is 4. The number of ether oxygens (including phenoxy) is 2. The van der Waals surface area contributed by atoms with E-state index >= 15 is 0 Å². The first-order chi connectivity index (χ1) is 12.6. The number of likely N-dealkylation sites (tertiary alicyclic amines) is 1. The zero-order valence-electron chi connectivity index (χ0n) is 15.2. The molecule has 0 spiro atoms. The lowest BCUT2D eigenvalue weighted by atomic mass is 10.3. The Hall–Kier alpha value is -3.03. The van der Waals surface area contributed by atoms with Crippen molar-refractivity contribution in [2.45, 2.75) is 12.5 Å². The number of hydrogen-bond donors (Lipinski definition) is 1. The van der Waals surface area contributed by atoms with Gasteiger partial charge in [-0.1, -0.05) is 12.1 Å². The number of anilines is 2. The number of rotatable bonds is 5. The summed E-state index contributed by atoms with van der Waals surface area (Å²) in [5.74, 6) is 1.86. The van der Waals surface area contributed by atoms with E-state index in [-0.39, 0.29) is 12.1 Å². The lowest BCUT2D eigenvalue weighted by molar-refractivity contribution is 0.188. The van der Waals surface area contributed by atoms with Gasteiger partial charge in [-0.05, 0) is 18.2 Å². The molecule has 0 aliphatic carbocycles. The van der Waals surface area contributed by atoms with E-state index in [1.807, 2.05) is 49.3 Å². The molecular weight excluding hydrogens is 334 g/mol. The SMILES string of the molecule is COc1ccccc1NC(=O)N1CCC(Oc2ccc(N(C)C)nn2)C1. The van der Waals surface area contributed by atoms with Gasteiger partial charge in [-0.2, -0.15) is 0 Å². The first-order valence-corrected chi connectivity index (χ1v) is 8.43. The number of hydrogen-bond acceptors (Lipinski definition) is 6.